The summed E-state index contributed by atoms with van der Waals surface area (Å²) in [5.74, 6) is 0. The van der Waals surface area contributed by atoms with Crippen molar-refractivity contribution in [3.8, 4) is 0 Å². The van der Waals surface area contributed by atoms with Crippen LogP contribution in [0.15, 0.2) is 22.7 Å². The van der Waals surface area contributed by atoms with Crippen molar-refractivity contribution < 1.29 is 4.92 Å². The summed E-state index contributed by atoms with van der Waals surface area (Å²) in [7, 11) is 1.94. The maximum atomic E-state index is 10.8. The predicted molar refractivity (Wildman–Crippen MR) is 72.3 cm³/mol. The Morgan fingerprint density at radius 1 is 1.53 bits per heavy atom. The van der Waals surface area contributed by atoms with Gasteiger partial charge in [0.15, 0.2) is 0 Å². The Morgan fingerprint density at radius 3 is 2.76 bits per heavy atom. The lowest BCUT2D eigenvalue weighted by Crippen LogP contribution is -2.24. The van der Waals surface area contributed by atoms with E-state index in [4.69, 9.17) is 0 Å². The second-order valence-electron chi connectivity index (χ2n) is 3.94. The summed E-state index contributed by atoms with van der Waals surface area (Å²) in [6, 6.07) is 5.64. The van der Waals surface area contributed by atoms with Crippen LogP contribution >= 0.6 is 15.9 Å². The van der Waals surface area contributed by atoms with Gasteiger partial charge in [-0.3, -0.25) is 10.1 Å². The number of aryl methyl sites for hydroxylation is 1. The summed E-state index contributed by atoms with van der Waals surface area (Å²) >= 11 is 3.31. The Kier molecular flexibility index (Phi) is 5.58. The van der Waals surface area contributed by atoms with E-state index < -0.39 is 0 Å². The smallest absolute Gasteiger partial charge is 0.283 e. The molecule has 1 atom stereocenters. The Morgan fingerprint density at radius 2 is 2.24 bits per heavy atom. The van der Waals surface area contributed by atoms with Crippen LogP contribution in [0.3, 0.4) is 0 Å². The molecule has 0 amide bonds. The van der Waals surface area contributed by atoms with E-state index in [9.17, 15) is 10.1 Å². The lowest BCUT2D eigenvalue weighted by Gasteiger charge is -2.13. The van der Waals surface area contributed by atoms with Gasteiger partial charge in [-0.2, -0.15) is 0 Å². The van der Waals surface area contributed by atoms with Crippen LogP contribution in [-0.4, -0.2) is 18.0 Å². The van der Waals surface area contributed by atoms with Crippen LogP contribution in [-0.2, 0) is 6.42 Å². The Labute approximate surface area is 110 Å². The first-order chi connectivity index (χ1) is 8.10. The molecule has 94 valence electrons. The van der Waals surface area contributed by atoms with Gasteiger partial charge in [0.2, 0.25) is 0 Å². The molecule has 5 heteroatoms. The van der Waals surface area contributed by atoms with E-state index in [1.165, 1.54) is 6.07 Å². The molecule has 0 bridgehead atoms. The van der Waals surface area contributed by atoms with Crippen LogP contribution in [0.5, 0.6) is 0 Å². The van der Waals surface area contributed by atoms with Gasteiger partial charge in [0, 0.05) is 12.1 Å². The van der Waals surface area contributed by atoms with Crippen LogP contribution in [0.1, 0.15) is 25.3 Å². The summed E-state index contributed by atoms with van der Waals surface area (Å²) < 4.78 is 0.607. The van der Waals surface area contributed by atoms with Crippen LogP contribution in [0.4, 0.5) is 5.69 Å². The zero-order valence-electron chi connectivity index (χ0n) is 10.1. The molecule has 1 rings (SSSR count). The lowest BCUT2D eigenvalue weighted by atomic mass is 10.0. The minimum absolute atomic E-state index is 0.139. The number of nitro groups is 1. The van der Waals surface area contributed by atoms with Crippen molar-refractivity contribution in [1.29, 1.82) is 0 Å². The summed E-state index contributed by atoms with van der Waals surface area (Å²) in [6.45, 7) is 2.13. The third kappa shape index (κ3) is 3.78. The summed E-state index contributed by atoms with van der Waals surface area (Å²) in [5, 5.41) is 14.0. The summed E-state index contributed by atoms with van der Waals surface area (Å²) in [5.41, 5.74) is 1.13. The number of benzene rings is 1. The SMILES string of the molecule is CCC(CCc1cccc([N+](=O)[O-])c1Br)NC. The maximum Gasteiger partial charge on any atom is 0.283 e. The molecule has 0 heterocycles. The van der Waals surface area contributed by atoms with Crippen LogP contribution in [0, 0.1) is 10.1 Å². The monoisotopic (exact) mass is 300 g/mol. The normalized spacial score (nSPS) is 12.4. The summed E-state index contributed by atoms with van der Waals surface area (Å²) in [6.07, 6.45) is 2.87. The topological polar surface area (TPSA) is 55.2 Å². The van der Waals surface area contributed by atoms with Gasteiger partial charge in [0.1, 0.15) is 0 Å². The minimum Gasteiger partial charge on any atom is -0.317 e. The highest BCUT2D eigenvalue weighted by Gasteiger charge is 2.15. The first-order valence-corrected chi connectivity index (χ1v) is 6.48. The maximum absolute atomic E-state index is 10.8. The average Bonchev–Trinajstić information content (AvgIpc) is 2.32. The van der Waals surface area contributed by atoms with E-state index in [0.717, 1.165) is 24.8 Å². The van der Waals surface area contributed by atoms with E-state index in [0.29, 0.717) is 10.5 Å². The summed E-state index contributed by atoms with van der Waals surface area (Å²) in [4.78, 5) is 10.4. The molecule has 4 nitrogen and oxygen atoms in total. The van der Waals surface area contributed by atoms with Gasteiger partial charge in [0.25, 0.3) is 5.69 Å². The Hall–Kier alpha value is -0.940. The average molecular weight is 301 g/mol. The zero-order chi connectivity index (χ0) is 12.8. The first kappa shape index (κ1) is 14.1. The molecule has 0 aromatic heterocycles. The van der Waals surface area contributed by atoms with E-state index in [1.54, 1.807) is 6.07 Å². The number of nitrogens with one attached hydrogen (secondary N) is 1. The van der Waals surface area contributed by atoms with Gasteiger partial charge in [0.05, 0.1) is 9.40 Å². The third-order valence-electron chi connectivity index (χ3n) is 2.92. The molecular weight excluding hydrogens is 284 g/mol. The number of halogens is 1. The van der Waals surface area contributed by atoms with Crippen LogP contribution < -0.4 is 5.32 Å². The molecule has 0 spiro atoms. The van der Waals surface area contributed by atoms with Crippen molar-refractivity contribution >= 4 is 21.6 Å². The highest BCUT2D eigenvalue weighted by molar-refractivity contribution is 9.10. The molecule has 0 aliphatic rings. The van der Waals surface area contributed by atoms with Gasteiger partial charge in [-0.05, 0) is 47.8 Å². The number of nitrogens with zero attached hydrogens (tertiary/aromatic N) is 1. The molecule has 0 saturated carbocycles. The van der Waals surface area contributed by atoms with E-state index in [1.807, 2.05) is 13.1 Å². The van der Waals surface area contributed by atoms with Gasteiger partial charge in [-0.25, -0.2) is 0 Å². The standard InChI is InChI=1S/C12H17BrN2O2/c1-3-10(14-2)8-7-9-5-4-6-11(12(9)13)15(16)17/h4-6,10,14H,3,7-8H2,1-2H3. The first-order valence-electron chi connectivity index (χ1n) is 5.69. The number of rotatable bonds is 6. The molecule has 1 N–H and O–H groups in total. The van der Waals surface area contributed by atoms with Crippen molar-refractivity contribution in [2.45, 2.75) is 32.2 Å². The Bertz CT molecular complexity index is 392. The van der Waals surface area contributed by atoms with Gasteiger partial charge in [-0.15, -0.1) is 0 Å². The van der Waals surface area contributed by atoms with Crippen molar-refractivity contribution in [3.63, 3.8) is 0 Å². The highest BCUT2D eigenvalue weighted by atomic mass is 79.9. The molecule has 0 radical (unpaired) electrons. The fourth-order valence-corrected chi connectivity index (χ4v) is 2.39. The fourth-order valence-electron chi connectivity index (χ4n) is 1.78. The third-order valence-corrected chi connectivity index (χ3v) is 3.83. The molecule has 0 fully saturated rings. The van der Waals surface area contributed by atoms with Crippen molar-refractivity contribution in [2.75, 3.05) is 7.05 Å². The quantitative estimate of drug-likeness (QED) is 0.648. The highest BCUT2D eigenvalue weighted by Crippen LogP contribution is 2.29. The predicted octanol–water partition coefficient (Wildman–Crippen LogP) is 3.29. The fraction of sp³-hybridized carbons (Fsp3) is 0.500. The van der Waals surface area contributed by atoms with E-state index >= 15 is 0 Å². The molecule has 0 aliphatic carbocycles. The van der Waals surface area contributed by atoms with Crippen LogP contribution in [0.2, 0.25) is 0 Å². The molecular formula is C12H17BrN2O2. The van der Waals surface area contributed by atoms with Crippen molar-refractivity contribution in [3.05, 3.63) is 38.3 Å². The van der Waals surface area contributed by atoms with Gasteiger partial charge < -0.3 is 5.32 Å². The molecule has 1 aromatic rings. The molecule has 0 aliphatic heterocycles. The second kappa shape index (κ2) is 6.71. The minimum atomic E-state index is -0.358. The van der Waals surface area contributed by atoms with Crippen molar-refractivity contribution in [2.24, 2.45) is 0 Å². The molecule has 17 heavy (non-hydrogen) atoms. The van der Waals surface area contributed by atoms with Gasteiger partial charge >= 0.3 is 0 Å². The van der Waals surface area contributed by atoms with E-state index in [2.05, 4.69) is 28.2 Å². The van der Waals surface area contributed by atoms with Crippen molar-refractivity contribution in [1.82, 2.24) is 5.32 Å². The molecule has 1 aromatic carbocycles. The number of nitro benzene ring substituents is 1. The molecule has 1 unspecified atom stereocenters. The number of hydrogen-bond acceptors (Lipinski definition) is 3. The Balaban J connectivity index is 2.78. The van der Waals surface area contributed by atoms with Gasteiger partial charge in [-0.1, -0.05) is 19.1 Å². The lowest BCUT2D eigenvalue weighted by molar-refractivity contribution is -0.385. The zero-order valence-corrected chi connectivity index (χ0v) is 11.7. The largest absolute Gasteiger partial charge is 0.317 e. The number of hydrogen-bond donors (Lipinski definition) is 1. The van der Waals surface area contributed by atoms with E-state index in [-0.39, 0.29) is 10.6 Å². The second-order valence-corrected chi connectivity index (χ2v) is 4.73. The van der Waals surface area contributed by atoms with Crippen LogP contribution in [0.25, 0.3) is 0 Å². The molecule has 0 saturated heterocycles.